The molecule has 6 heteroatoms. The Hall–Kier alpha value is -1.30. The SMILES string of the molecule is COC[C@H]1CN(C(=O)O)CC(=O)N1. The van der Waals surface area contributed by atoms with Crippen LogP contribution in [0.3, 0.4) is 0 Å². The second-order valence-electron chi connectivity index (χ2n) is 2.88. The molecular formula is C7H12N2O4. The molecule has 1 aliphatic heterocycles. The number of piperazine rings is 1. The predicted molar refractivity (Wildman–Crippen MR) is 43.4 cm³/mol. The van der Waals surface area contributed by atoms with Gasteiger partial charge in [0.15, 0.2) is 0 Å². The molecule has 0 spiro atoms. The maximum absolute atomic E-state index is 11.0. The molecule has 0 radical (unpaired) electrons. The molecule has 1 aliphatic rings. The average molecular weight is 188 g/mol. The number of carbonyl (C=O) groups excluding carboxylic acids is 1. The first-order valence-corrected chi connectivity index (χ1v) is 3.89. The Kier molecular flexibility index (Phi) is 3.07. The summed E-state index contributed by atoms with van der Waals surface area (Å²) in [5, 5.41) is 11.3. The number of methoxy groups -OCH3 is 1. The normalized spacial score (nSPS) is 22.7. The fourth-order valence-corrected chi connectivity index (χ4v) is 1.26. The number of nitrogens with one attached hydrogen (secondary N) is 1. The highest BCUT2D eigenvalue weighted by Gasteiger charge is 2.27. The minimum atomic E-state index is -1.07. The van der Waals surface area contributed by atoms with E-state index in [1.807, 2.05) is 0 Å². The Morgan fingerprint density at radius 1 is 1.85 bits per heavy atom. The van der Waals surface area contributed by atoms with Crippen LogP contribution in [0, 0.1) is 0 Å². The topological polar surface area (TPSA) is 78.9 Å². The molecule has 13 heavy (non-hydrogen) atoms. The molecule has 2 amide bonds. The van der Waals surface area contributed by atoms with Crippen LogP contribution in [0.4, 0.5) is 4.79 Å². The van der Waals surface area contributed by atoms with Crippen LogP contribution in [0.15, 0.2) is 0 Å². The Balaban J connectivity index is 2.52. The van der Waals surface area contributed by atoms with Crippen molar-refractivity contribution in [3.05, 3.63) is 0 Å². The van der Waals surface area contributed by atoms with Crippen LogP contribution in [-0.2, 0) is 9.53 Å². The molecule has 0 bridgehead atoms. The van der Waals surface area contributed by atoms with E-state index in [1.54, 1.807) is 0 Å². The Morgan fingerprint density at radius 3 is 3.08 bits per heavy atom. The number of amides is 2. The summed E-state index contributed by atoms with van der Waals surface area (Å²) >= 11 is 0. The highest BCUT2D eigenvalue weighted by molar-refractivity contribution is 5.83. The summed E-state index contributed by atoms with van der Waals surface area (Å²) in [4.78, 5) is 22.6. The first kappa shape index (κ1) is 9.79. The monoisotopic (exact) mass is 188 g/mol. The lowest BCUT2D eigenvalue weighted by atomic mass is 10.2. The third-order valence-corrected chi connectivity index (χ3v) is 1.78. The number of nitrogens with zero attached hydrogens (tertiary/aromatic N) is 1. The van der Waals surface area contributed by atoms with Gasteiger partial charge in [-0.3, -0.25) is 9.69 Å². The van der Waals surface area contributed by atoms with Gasteiger partial charge in [-0.2, -0.15) is 0 Å². The molecule has 1 fully saturated rings. The molecule has 0 aliphatic carbocycles. The zero-order valence-corrected chi connectivity index (χ0v) is 7.32. The van der Waals surface area contributed by atoms with Gasteiger partial charge in [0.2, 0.25) is 5.91 Å². The van der Waals surface area contributed by atoms with Gasteiger partial charge in [-0.25, -0.2) is 4.79 Å². The lowest BCUT2D eigenvalue weighted by Crippen LogP contribution is -2.56. The van der Waals surface area contributed by atoms with Gasteiger partial charge >= 0.3 is 6.09 Å². The number of carbonyl (C=O) groups is 2. The van der Waals surface area contributed by atoms with Gasteiger partial charge in [0.05, 0.1) is 12.6 Å². The van der Waals surface area contributed by atoms with Crippen molar-refractivity contribution in [1.29, 1.82) is 0 Å². The van der Waals surface area contributed by atoms with Crippen LogP contribution < -0.4 is 5.32 Å². The molecule has 0 aromatic carbocycles. The highest BCUT2D eigenvalue weighted by atomic mass is 16.5. The van der Waals surface area contributed by atoms with E-state index in [0.717, 1.165) is 4.90 Å². The van der Waals surface area contributed by atoms with Crippen LogP contribution in [0.5, 0.6) is 0 Å². The molecule has 1 saturated heterocycles. The third-order valence-electron chi connectivity index (χ3n) is 1.78. The van der Waals surface area contributed by atoms with Gasteiger partial charge in [-0.15, -0.1) is 0 Å². The molecule has 0 saturated carbocycles. The zero-order valence-electron chi connectivity index (χ0n) is 7.32. The highest BCUT2D eigenvalue weighted by Crippen LogP contribution is 2.00. The van der Waals surface area contributed by atoms with E-state index in [0.29, 0.717) is 6.61 Å². The Bertz CT molecular complexity index is 219. The summed E-state index contributed by atoms with van der Waals surface area (Å²) in [7, 11) is 1.51. The molecule has 1 heterocycles. The third kappa shape index (κ3) is 2.59. The van der Waals surface area contributed by atoms with Crippen molar-refractivity contribution in [2.75, 3.05) is 26.8 Å². The molecule has 0 unspecified atom stereocenters. The van der Waals surface area contributed by atoms with Crippen LogP contribution in [0.1, 0.15) is 0 Å². The first-order chi connectivity index (χ1) is 6.13. The average Bonchev–Trinajstić information content (AvgIpc) is 2.03. The summed E-state index contributed by atoms with van der Waals surface area (Å²) in [5.74, 6) is -0.282. The van der Waals surface area contributed by atoms with Gasteiger partial charge < -0.3 is 15.2 Å². The lowest BCUT2D eigenvalue weighted by Gasteiger charge is -2.30. The zero-order chi connectivity index (χ0) is 9.84. The van der Waals surface area contributed by atoms with Crippen LogP contribution in [0.25, 0.3) is 0 Å². The second kappa shape index (κ2) is 4.08. The molecule has 2 N–H and O–H groups in total. The summed E-state index contributed by atoms with van der Waals surface area (Å²) in [6.45, 7) is 0.528. The number of carboxylic acid groups (broad SMARTS) is 1. The van der Waals surface area contributed by atoms with E-state index < -0.39 is 6.09 Å². The van der Waals surface area contributed by atoms with E-state index >= 15 is 0 Å². The minimum absolute atomic E-state index is 0.0878. The van der Waals surface area contributed by atoms with Crippen LogP contribution >= 0.6 is 0 Å². The van der Waals surface area contributed by atoms with Gasteiger partial charge in [0.1, 0.15) is 6.54 Å². The quantitative estimate of drug-likeness (QED) is 0.589. The second-order valence-corrected chi connectivity index (χ2v) is 2.88. The van der Waals surface area contributed by atoms with Crippen molar-refractivity contribution in [3.63, 3.8) is 0 Å². The van der Waals surface area contributed by atoms with E-state index in [1.165, 1.54) is 7.11 Å². The van der Waals surface area contributed by atoms with Crippen molar-refractivity contribution in [2.24, 2.45) is 0 Å². The van der Waals surface area contributed by atoms with Gasteiger partial charge in [0.25, 0.3) is 0 Å². The molecule has 1 rings (SSSR count). The maximum atomic E-state index is 11.0. The summed E-state index contributed by atoms with van der Waals surface area (Å²) in [6.07, 6.45) is -1.07. The van der Waals surface area contributed by atoms with Gasteiger partial charge in [0, 0.05) is 13.7 Å². The van der Waals surface area contributed by atoms with Crippen molar-refractivity contribution in [1.82, 2.24) is 10.2 Å². The molecule has 0 aromatic heterocycles. The molecule has 74 valence electrons. The maximum Gasteiger partial charge on any atom is 0.407 e. The fraction of sp³-hybridized carbons (Fsp3) is 0.714. The number of ether oxygens (including phenoxy) is 1. The molecular weight excluding hydrogens is 176 g/mol. The van der Waals surface area contributed by atoms with E-state index in [4.69, 9.17) is 9.84 Å². The van der Waals surface area contributed by atoms with Crippen molar-refractivity contribution in [2.45, 2.75) is 6.04 Å². The van der Waals surface area contributed by atoms with E-state index in [2.05, 4.69) is 5.32 Å². The smallest absolute Gasteiger partial charge is 0.407 e. The summed E-state index contributed by atoms with van der Waals surface area (Å²) < 4.78 is 4.82. The number of hydrogen-bond donors (Lipinski definition) is 2. The van der Waals surface area contributed by atoms with E-state index in [9.17, 15) is 9.59 Å². The molecule has 6 nitrogen and oxygen atoms in total. The van der Waals surface area contributed by atoms with Crippen molar-refractivity contribution < 1.29 is 19.4 Å². The summed E-state index contributed by atoms with van der Waals surface area (Å²) in [6, 6.07) is -0.234. The predicted octanol–water partition coefficient (Wildman–Crippen LogP) is -0.889. The van der Waals surface area contributed by atoms with Gasteiger partial charge in [-0.05, 0) is 0 Å². The lowest BCUT2D eigenvalue weighted by molar-refractivity contribution is -0.125. The van der Waals surface area contributed by atoms with Crippen LogP contribution in [0.2, 0.25) is 0 Å². The fourth-order valence-electron chi connectivity index (χ4n) is 1.26. The van der Waals surface area contributed by atoms with E-state index in [-0.39, 0.29) is 25.0 Å². The standard InChI is InChI=1S/C7H12N2O4/c1-13-4-5-2-9(7(11)12)3-6(10)8-5/h5H,2-4H2,1H3,(H,8,10)(H,11,12)/t5-/m1/s1. The molecule has 0 aromatic rings. The largest absolute Gasteiger partial charge is 0.465 e. The Labute approximate surface area is 75.5 Å². The van der Waals surface area contributed by atoms with Crippen LogP contribution in [-0.4, -0.2) is 54.9 Å². The summed E-state index contributed by atoms with van der Waals surface area (Å²) in [5.41, 5.74) is 0. The number of hydrogen-bond acceptors (Lipinski definition) is 3. The van der Waals surface area contributed by atoms with Crippen molar-refractivity contribution in [3.8, 4) is 0 Å². The number of rotatable bonds is 2. The molecule has 1 atom stereocenters. The van der Waals surface area contributed by atoms with Gasteiger partial charge in [-0.1, -0.05) is 0 Å². The first-order valence-electron chi connectivity index (χ1n) is 3.89. The Morgan fingerprint density at radius 2 is 2.54 bits per heavy atom. The minimum Gasteiger partial charge on any atom is -0.465 e. The van der Waals surface area contributed by atoms with Crippen molar-refractivity contribution >= 4 is 12.0 Å².